The fourth-order valence-corrected chi connectivity index (χ4v) is 1.80. The molecule has 1 heterocycles. The smallest absolute Gasteiger partial charge is 0.471 e. The number of halogens is 3. The van der Waals surface area contributed by atoms with Gasteiger partial charge in [-0.25, -0.2) is 4.79 Å². The number of carboxylic acids is 1. The molecule has 0 aromatic heterocycles. The van der Waals surface area contributed by atoms with Crippen LogP contribution in [0.4, 0.5) is 13.2 Å². The van der Waals surface area contributed by atoms with Crippen LogP contribution in [0.3, 0.4) is 0 Å². The Morgan fingerprint density at radius 1 is 1.31 bits per heavy atom. The van der Waals surface area contributed by atoms with Gasteiger partial charge in [-0.05, 0) is 18.8 Å². The molecule has 4 nitrogen and oxygen atoms in total. The van der Waals surface area contributed by atoms with E-state index in [9.17, 15) is 22.8 Å². The minimum atomic E-state index is -5.01. The first-order chi connectivity index (χ1) is 7.23. The summed E-state index contributed by atoms with van der Waals surface area (Å²) in [6.07, 6.45) is -4.43. The maximum atomic E-state index is 12.2. The van der Waals surface area contributed by atoms with E-state index in [2.05, 4.69) is 0 Å². The van der Waals surface area contributed by atoms with Gasteiger partial charge < -0.3 is 10.0 Å². The lowest BCUT2D eigenvalue weighted by Gasteiger charge is -2.36. The Morgan fingerprint density at radius 3 is 2.31 bits per heavy atom. The van der Waals surface area contributed by atoms with Gasteiger partial charge in [-0.1, -0.05) is 6.92 Å². The summed E-state index contributed by atoms with van der Waals surface area (Å²) in [6, 6.07) is -1.36. The number of hydrogen-bond acceptors (Lipinski definition) is 2. The van der Waals surface area contributed by atoms with Gasteiger partial charge in [0.15, 0.2) is 0 Å². The van der Waals surface area contributed by atoms with Crippen LogP contribution in [0, 0.1) is 5.92 Å². The van der Waals surface area contributed by atoms with Crippen molar-refractivity contribution in [2.75, 3.05) is 6.54 Å². The van der Waals surface area contributed by atoms with Gasteiger partial charge >= 0.3 is 18.1 Å². The van der Waals surface area contributed by atoms with E-state index in [0.29, 0.717) is 11.3 Å². The fraction of sp³-hybridized carbons (Fsp3) is 0.778. The molecule has 0 bridgehead atoms. The molecule has 0 aromatic carbocycles. The van der Waals surface area contributed by atoms with Gasteiger partial charge in [-0.3, -0.25) is 4.79 Å². The minimum absolute atomic E-state index is 0.0678. The largest absolute Gasteiger partial charge is 0.480 e. The molecule has 0 aromatic rings. The first-order valence-electron chi connectivity index (χ1n) is 4.84. The van der Waals surface area contributed by atoms with Gasteiger partial charge in [-0.2, -0.15) is 13.2 Å². The molecule has 0 spiro atoms. The summed E-state index contributed by atoms with van der Waals surface area (Å²) in [7, 11) is 0. The van der Waals surface area contributed by atoms with Gasteiger partial charge in [0.1, 0.15) is 6.04 Å². The van der Waals surface area contributed by atoms with Crippen molar-refractivity contribution in [2.24, 2.45) is 5.92 Å². The summed E-state index contributed by atoms with van der Waals surface area (Å²) in [4.78, 5) is 22.2. The topological polar surface area (TPSA) is 57.6 Å². The van der Waals surface area contributed by atoms with Crippen LogP contribution in [0.15, 0.2) is 0 Å². The first kappa shape index (κ1) is 12.8. The molecular weight excluding hydrogens is 227 g/mol. The lowest BCUT2D eigenvalue weighted by molar-refractivity contribution is -0.192. The second-order valence-corrected chi connectivity index (χ2v) is 3.99. The number of likely N-dealkylation sites (tertiary alicyclic amines) is 1. The monoisotopic (exact) mass is 239 g/mol. The van der Waals surface area contributed by atoms with Crippen molar-refractivity contribution in [3.8, 4) is 0 Å². The Kier molecular flexibility index (Phi) is 3.44. The Bertz CT molecular complexity index is 303. The van der Waals surface area contributed by atoms with Crippen molar-refractivity contribution in [3.63, 3.8) is 0 Å². The molecule has 1 saturated heterocycles. The number of nitrogens with zero attached hydrogens (tertiary/aromatic N) is 1. The van der Waals surface area contributed by atoms with E-state index in [4.69, 9.17) is 5.11 Å². The van der Waals surface area contributed by atoms with E-state index >= 15 is 0 Å². The third-order valence-electron chi connectivity index (χ3n) is 2.61. The van der Waals surface area contributed by atoms with Crippen molar-refractivity contribution in [1.82, 2.24) is 4.90 Å². The quantitative estimate of drug-likeness (QED) is 0.749. The number of aliphatic carboxylic acids is 1. The third kappa shape index (κ3) is 2.65. The molecule has 0 saturated carbocycles. The summed E-state index contributed by atoms with van der Waals surface area (Å²) in [5, 5.41) is 8.75. The van der Waals surface area contributed by atoms with Crippen LogP contribution in [-0.4, -0.2) is 40.6 Å². The molecule has 1 aliphatic rings. The maximum absolute atomic E-state index is 12.2. The van der Waals surface area contributed by atoms with Crippen LogP contribution < -0.4 is 0 Å². The van der Waals surface area contributed by atoms with Crippen LogP contribution in [-0.2, 0) is 9.59 Å². The SMILES string of the molecule is C[C@@H]1CC[C@H](C(=O)O)N(C(=O)C(F)(F)F)C1. The number of hydrogen-bond donors (Lipinski definition) is 1. The summed E-state index contributed by atoms with van der Waals surface area (Å²) >= 11 is 0. The zero-order valence-corrected chi connectivity index (χ0v) is 8.62. The predicted molar refractivity (Wildman–Crippen MR) is 47.6 cm³/mol. The van der Waals surface area contributed by atoms with Crippen LogP contribution in [0.2, 0.25) is 0 Å². The highest BCUT2D eigenvalue weighted by molar-refractivity contribution is 5.87. The molecule has 0 radical (unpaired) electrons. The number of rotatable bonds is 1. The molecule has 2 atom stereocenters. The van der Waals surface area contributed by atoms with Gasteiger partial charge in [0.25, 0.3) is 0 Å². The molecule has 7 heteroatoms. The summed E-state index contributed by atoms with van der Waals surface area (Å²) in [6.45, 7) is 1.53. The van der Waals surface area contributed by atoms with Crippen LogP contribution >= 0.6 is 0 Å². The number of carboxylic acid groups (broad SMARTS) is 1. The standard InChI is InChI=1S/C9H12F3NO3/c1-5-2-3-6(7(14)15)13(4-5)8(16)9(10,11)12/h5-6H,2-4H2,1H3,(H,14,15)/t5-,6-/m1/s1. The molecular formula is C9H12F3NO3. The zero-order chi connectivity index (χ0) is 12.5. The van der Waals surface area contributed by atoms with Gasteiger partial charge in [0.05, 0.1) is 0 Å². The molecule has 1 N–H and O–H groups in total. The van der Waals surface area contributed by atoms with Crippen molar-refractivity contribution >= 4 is 11.9 Å². The van der Waals surface area contributed by atoms with Gasteiger partial charge in [0.2, 0.25) is 0 Å². The van der Waals surface area contributed by atoms with E-state index in [1.807, 2.05) is 0 Å². The summed E-state index contributed by atoms with van der Waals surface area (Å²) < 4.78 is 36.6. The number of piperidine rings is 1. The average Bonchev–Trinajstić information content (AvgIpc) is 2.14. The van der Waals surface area contributed by atoms with Gasteiger partial charge in [-0.15, -0.1) is 0 Å². The third-order valence-corrected chi connectivity index (χ3v) is 2.61. The Hall–Kier alpha value is -1.27. The van der Waals surface area contributed by atoms with E-state index in [1.54, 1.807) is 6.92 Å². The van der Waals surface area contributed by atoms with E-state index in [1.165, 1.54) is 0 Å². The zero-order valence-electron chi connectivity index (χ0n) is 8.62. The van der Waals surface area contributed by atoms with Crippen LogP contribution in [0.5, 0.6) is 0 Å². The lowest BCUT2D eigenvalue weighted by Crippen LogP contribution is -2.54. The molecule has 0 aliphatic carbocycles. The molecule has 1 rings (SSSR count). The molecule has 1 fully saturated rings. The lowest BCUT2D eigenvalue weighted by atomic mass is 9.94. The van der Waals surface area contributed by atoms with Crippen molar-refractivity contribution in [3.05, 3.63) is 0 Å². The molecule has 1 aliphatic heterocycles. The molecule has 92 valence electrons. The Labute approximate surface area is 90.0 Å². The van der Waals surface area contributed by atoms with Crippen molar-refractivity contribution in [1.29, 1.82) is 0 Å². The number of carbonyl (C=O) groups excluding carboxylic acids is 1. The Balaban J connectivity index is 2.87. The Morgan fingerprint density at radius 2 is 1.88 bits per heavy atom. The number of carbonyl (C=O) groups is 2. The van der Waals surface area contributed by atoms with Crippen molar-refractivity contribution < 1.29 is 27.9 Å². The van der Waals surface area contributed by atoms with Crippen LogP contribution in [0.25, 0.3) is 0 Å². The second kappa shape index (κ2) is 4.31. The fourth-order valence-electron chi connectivity index (χ4n) is 1.80. The molecule has 0 unspecified atom stereocenters. The van der Waals surface area contributed by atoms with E-state index < -0.39 is 24.1 Å². The van der Waals surface area contributed by atoms with Crippen molar-refractivity contribution in [2.45, 2.75) is 32.0 Å². The van der Waals surface area contributed by atoms with E-state index in [0.717, 1.165) is 0 Å². The van der Waals surface area contributed by atoms with E-state index in [-0.39, 0.29) is 18.9 Å². The average molecular weight is 239 g/mol. The highest BCUT2D eigenvalue weighted by Gasteiger charge is 2.47. The first-order valence-corrected chi connectivity index (χ1v) is 4.84. The second-order valence-electron chi connectivity index (χ2n) is 3.99. The summed E-state index contributed by atoms with van der Waals surface area (Å²) in [5.74, 6) is -3.56. The van der Waals surface area contributed by atoms with Crippen LogP contribution in [0.1, 0.15) is 19.8 Å². The van der Waals surface area contributed by atoms with Gasteiger partial charge in [0, 0.05) is 6.54 Å². The summed E-state index contributed by atoms with van der Waals surface area (Å²) in [5.41, 5.74) is 0. The molecule has 16 heavy (non-hydrogen) atoms. The number of alkyl halides is 3. The molecule has 1 amide bonds. The highest BCUT2D eigenvalue weighted by Crippen LogP contribution is 2.27. The maximum Gasteiger partial charge on any atom is 0.471 e. The highest BCUT2D eigenvalue weighted by atomic mass is 19.4. The predicted octanol–water partition coefficient (Wildman–Crippen LogP) is 1.26. The number of amides is 1. The normalized spacial score (nSPS) is 26.6. The minimum Gasteiger partial charge on any atom is -0.480 e.